The maximum Gasteiger partial charge on any atom is 0.267 e. The third kappa shape index (κ3) is 5.40. The topological polar surface area (TPSA) is 50.4 Å². The Morgan fingerprint density at radius 3 is 2.46 bits per heavy atom. The molecule has 132 valence electrons. The average Bonchev–Trinajstić information content (AvgIpc) is 3.19. The van der Waals surface area contributed by atoms with Crippen LogP contribution in [0.1, 0.15) is 15.2 Å². The van der Waals surface area contributed by atoms with Crippen molar-refractivity contribution in [3.05, 3.63) is 82.6 Å². The number of thiocarbonyl (C=S) groups is 1. The van der Waals surface area contributed by atoms with Crippen LogP contribution >= 0.6 is 23.6 Å². The Hall–Kier alpha value is -2.70. The predicted molar refractivity (Wildman–Crippen MR) is 110 cm³/mol. The summed E-state index contributed by atoms with van der Waals surface area (Å²) in [4.78, 5) is 12.6. The number of rotatable bonds is 6. The lowest BCUT2D eigenvalue weighted by Gasteiger charge is -2.10. The van der Waals surface area contributed by atoms with Gasteiger partial charge in [-0.15, -0.1) is 11.3 Å². The summed E-state index contributed by atoms with van der Waals surface area (Å²) >= 11 is 6.54. The second-order valence-electron chi connectivity index (χ2n) is 5.49. The zero-order valence-electron chi connectivity index (χ0n) is 14.0. The molecule has 26 heavy (non-hydrogen) atoms. The molecule has 1 aromatic heterocycles. The first kappa shape index (κ1) is 18.1. The van der Waals surface area contributed by atoms with Gasteiger partial charge in [-0.05, 0) is 53.5 Å². The first-order chi connectivity index (χ1) is 12.7. The third-order valence-corrected chi connectivity index (χ3v) is 4.66. The minimum Gasteiger partial charge on any atom is -0.493 e. The number of carbonyl (C=O) groups excluding carboxylic acids is 1. The zero-order chi connectivity index (χ0) is 18.2. The van der Waals surface area contributed by atoms with Gasteiger partial charge in [-0.3, -0.25) is 10.1 Å². The lowest BCUT2D eigenvalue weighted by molar-refractivity contribution is 0.0981. The zero-order valence-corrected chi connectivity index (χ0v) is 15.6. The van der Waals surface area contributed by atoms with Gasteiger partial charge in [-0.25, -0.2) is 0 Å². The van der Waals surface area contributed by atoms with Gasteiger partial charge in [0.2, 0.25) is 0 Å². The molecule has 3 aromatic rings. The lowest BCUT2D eigenvalue weighted by atomic mass is 10.2. The highest BCUT2D eigenvalue weighted by Gasteiger charge is 2.08. The molecule has 0 aliphatic heterocycles. The molecule has 0 aliphatic rings. The monoisotopic (exact) mass is 382 g/mol. The van der Waals surface area contributed by atoms with Crippen LogP contribution in [0.3, 0.4) is 0 Å². The van der Waals surface area contributed by atoms with Gasteiger partial charge in [0, 0.05) is 12.1 Å². The number of anilines is 1. The molecule has 0 bridgehead atoms. The van der Waals surface area contributed by atoms with Crippen molar-refractivity contribution in [1.29, 1.82) is 0 Å². The van der Waals surface area contributed by atoms with Gasteiger partial charge >= 0.3 is 0 Å². The van der Waals surface area contributed by atoms with Gasteiger partial charge in [0.25, 0.3) is 5.91 Å². The van der Waals surface area contributed by atoms with Crippen LogP contribution in [0.5, 0.6) is 5.75 Å². The van der Waals surface area contributed by atoms with E-state index in [9.17, 15) is 4.79 Å². The summed E-state index contributed by atoms with van der Waals surface area (Å²) in [7, 11) is 0. The average molecular weight is 383 g/mol. The summed E-state index contributed by atoms with van der Waals surface area (Å²) in [6.07, 6.45) is 0.861. The standard InChI is InChI=1S/C20H18N2O2S2/c23-19(18-7-4-14-26-18)22-20(25)21-16-8-10-17(11-9-16)24-13-12-15-5-2-1-3-6-15/h1-11,14H,12-13H2,(H2,21,22,23,25). The highest BCUT2D eigenvalue weighted by Crippen LogP contribution is 2.16. The van der Waals surface area contributed by atoms with Crippen LogP contribution in [-0.4, -0.2) is 17.6 Å². The fourth-order valence-electron chi connectivity index (χ4n) is 2.30. The van der Waals surface area contributed by atoms with Crippen molar-refractivity contribution in [3.63, 3.8) is 0 Å². The van der Waals surface area contributed by atoms with E-state index in [1.54, 1.807) is 6.07 Å². The van der Waals surface area contributed by atoms with Crippen LogP contribution in [0.15, 0.2) is 72.1 Å². The van der Waals surface area contributed by atoms with Crippen molar-refractivity contribution in [2.24, 2.45) is 0 Å². The van der Waals surface area contributed by atoms with Crippen molar-refractivity contribution in [2.45, 2.75) is 6.42 Å². The molecule has 0 fully saturated rings. The highest BCUT2D eigenvalue weighted by molar-refractivity contribution is 7.80. The van der Waals surface area contributed by atoms with E-state index in [-0.39, 0.29) is 11.0 Å². The maximum atomic E-state index is 11.9. The Labute approximate surface area is 161 Å². The van der Waals surface area contributed by atoms with E-state index in [2.05, 4.69) is 22.8 Å². The number of thiophene rings is 1. The number of hydrogen-bond donors (Lipinski definition) is 2. The maximum absolute atomic E-state index is 11.9. The van der Waals surface area contributed by atoms with Gasteiger partial charge in [0.05, 0.1) is 11.5 Å². The first-order valence-corrected chi connectivity index (χ1v) is 9.42. The van der Waals surface area contributed by atoms with E-state index in [0.717, 1.165) is 17.9 Å². The van der Waals surface area contributed by atoms with Crippen molar-refractivity contribution < 1.29 is 9.53 Å². The number of hydrogen-bond acceptors (Lipinski definition) is 4. The van der Waals surface area contributed by atoms with Crippen LogP contribution in [0.4, 0.5) is 5.69 Å². The Morgan fingerprint density at radius 1 is 1.00 bits per heavy atom. The van der Waals surface area contributed by atoms with Crippen molar-refractivity contribution in [3.8, 4) is 5.75 Å². The van der Waals surface area contributed by atoms with Crippen LogP contribution in [0.25, 0.3) is 0 Å². The normalized spacial score (nSPS) is 10.2. The number of benzene rings is 2. The molecule has 0 saturated carbocycles. The summed E-state index contributed by atoms with van der Waals surface area (Å²) in [6.45, 7) is 0.617. The van der Waals surface area contributed by atoms with E-state index in [1.807, 2.05) is 53.9 Å². The van der Waals surface area contributed by atoms with E-state index in [1.165, 1.54) is 16.9 Å². The van der Waals surface area contributed by atoms with Gasteiger partial charge in [0.15, 0.2) is 5.11 Å². The van der Waals surface area contributed by atoms with Crippen LogP contribution in [-0.2, 0) is 6.42 Å². The molecular weight excluding hydrogens is 364 g/mol. The SMILES string of the molecule is O=C(NC(=S)Nc1ccc(OCCc2ccccc2)cc1)c1cccs1. The second kappa shape index (κ2) is 9.12. The Kier molecular flexibility index (Phi) is 6.35. The van der Waals surface area contributed by atoms with Gasteiger partial charge in [0.1, 0.15) is 5.75 Å². The van der Waals surface area contributed by atoms with E-state index < -0.39 is 0 Å². The predicted octanol–water partition coefficient (Wildman–Crippen LogP) is 4.50. The summed E-state index contributed by atoms with van der Waals surface area (Å²) in [5.74, 6) is 0.582. The molecule has 0 radical (unpaired) electrons. The van der Waals surface area contributed by atoms with Crippen molar-refractivity contribution in [1.82, 2.24) is 5.32 Å². The van der Waals surface area contributed by atoms with Gasteiger partial charge in [-0.2, -0.15) is 0 Å². The second-order valence-corrected chi connectivity index (χ2v) is 6.85. The fourth-order valence-corrected chi connectivity index (χ4v) is 3.13. The van der Waals surface area contributed by atoms with Gasteiger partial charge in [-0.1, -0.05) is 36.4 Å². The third-order valence-electron chi connectivity index (χ3n) is 3.59. The molecule has 3 rings (SSSR count). The smallest absolute Gasteiger partial charge is 0.267 e. The van der Waals surface area contributed by atoms with Gasteiger partial charge < -0.3 is 10.1 Å². The van der Waals surface area contributed by atoms with Crippen molar-refractivity contribution >= 4 is 40.3 Å². The Balaban J connectivity index is 1.45. The quantitative estimate of drug-likeness (QED) is 0.617. The summed E-state index contributed by atoms with van der Waals surface area (Å²) in [5.41, 5.74) is 2.04. The van der Waals surface area contributed by atoms with E-state index >= 15 is 0 Å². The minimum absolute atomic E-state index is 0.210. The van der Waals surface area contributed by atoms with Crippen LogP contribution in [0.2, 0.25) is 0 Å². The molecular formula is C20H18N2O2S2. The molecule has 0 aliphatic carbocycles. The first-order valence-electron chi connectivity index (χ1n) is 8.13. The molecule has 2 N–H and O–H groups in total. The molecule has 0 unspecified atom stereocenters. The number of amides is 1. The molecule has 4 nitrogen and oxygen atoms in total. The number of nitrogens with one attached hydrogen (secondary N) is 2. The van der Waals surface area contributed by atoms with Crippen molar-refractivity contribution in [2.75, 3.05) is 11.9 Å². The molecule has 1 amide bonds. The Morgan fingerprint density at radius 2 is 1.77 bits per heavy atom. The molecule has 0 atom stereocenters. The molecule has 1 heterocycles. The summed E-state index contributed by atoms with van der Waals surface area (Å²) < 4.78 is 5.75. The molecule has 0 saturated heterocycles. The highest BCUT2D eigenvalue weighted by atomic mass is 32.1. The van der Waals surface area contributed by atoms with Crippen LogP contribution < -0.4 is 15.4 Å². The molecule has 0 spiro atoms. The minimum atomic E-state index is -0.210. The lowest BCUT2D eigenvalue weighted by Crippen LogP contribution is -2.33. The van der Waals surface area contributed by atoms with Crippen LogP contribution in [0, 0.1) is 0 Å². The number of carbonyl (C=O) groups is 1. The summed E-state index contributed by atoms with van der Waals surface area (Å²) in [5, 5.41) is 7.76. The number of ether oxygens (including phenoxy) is 1. The molecule has 2 aromatic carbocycles. The van der Waals surface area contributed by atoms with E-state index in [0.29, 0.717) is 11.5 Å². The Bertz CT molecular complexity index is 847. The largest absolute Gasteiger partial charge is 0.493 e. The fraction of sp³-hybridized carbons (Fsp3) is 0.100. The van der Waals surface area contributed by atoms with E-state index in [4.69, 9.17) is 17.0 Å². The molecule has 6 heteroatoms. The summed E-state index contributed by atoms with van der Waals surface area (Å²) in [6, 6.07) is 21.3.